The van der Waals surface area contributed by atoms with Crippen LogP contribution in [0.3, 0.4) is 0 Å². The number of rotatable bonds is 6. The minimum absolute atomic E-state index is 0.853. The highest BCUT2D eigenvalue weighted by Crippen LogP contribution is 2.27. The molecule has 0 amide bonds. The molecule has 28 heavy (non-hydrogen) atoms. The van der Waals surface area contributed by atoms with Gasteiger partial charge in [0.05, 0.1) is 18.9 Å². The quantitative estimate of drug-likeness (QED) is 0.665. The van der Waals surface area contributed by atoms with Gasteiger partial charge in [0, 0.05) is 42.5 Å². The van der Waals surface area contributed by atoms with Crippen LogP contribution in [0.5, 0.6) is 0 Å². The van der Waals surface area contributed by atoms with Gasteiger partial charge in [0.15, 0.2) is 5.65 Å². The molecule has 0 unspecified atom stereocenters. The van der Waals surface area contributed by atoms with E-state index in [1.807, 2.05) is 11.4 Å². The van der Waals surface area contributed by atoms with Crippen molar-refractivity contribution in [2.75, 3.05) is 44.7 Å². The highest BCUT2D eigenvalue weighted by molar-refractivity contribution is 5.71. The van der Waals surface area contributed by atoms with Gasteiger partial charge in [0.25, 0.3) is 0 Å². The maximum atomic E-state index is 5.42. The first-order chi connectivity index (χ1) is 13.6. The van der Waals surface area contributed by atoms with Crippen molar-refractivity contribution in [1.29, 1.82) is 0 Å². The van der Waals surface area contributed by atoms with E-state index in [0.717, 1.165) is 79.8 Å². The Labute approximate surface area is 166 Å². The fourth-order valence-electron chi connectivity index (χ4n) is 3.70. The topological polar surface area (TPSA) is 54.7 Å². The first kappa shape index (κ1) is 18.9. The predicted molar refractivity (Wildman–Crippen MR) is 113 cm³/mol. The molecule has 1 fully saturated rings. The lowest BCUT2D eigenvalue weighted by atomic mass is 10.1. The van der Waals surface area contributed by atoms with Crippen LogP contribution >= 0.6 is 0 Å². The Hall–Kier alpha value is -2.44. The molecule has 0 atom stereocenters. The van der Waals surface area contributed by atoms with Gasteiger partial charge in [-0.1, -0.05) is 29.8 Å². The molecule has 0 spiro atoms. The molecule has 3 heterocycles. The molecule has 2 aromatic heterocycles. The van der Waals surface area contributed by atoms with Gasteiger partial charge in [0.1, 0.15) is 5.82 Å². The average molecular weight is 380 g/mol. The number of anilines is 1. The lowest BCUT2D eigenvalue weighted by molar-refractivity contribution is 0.0378. The summed E-state index contributed by atoms with van der Waals surface area (Å²) in [5, 5.41) is 8.46. The van der Waals surface area contributed by atoms with Crippen molar-refractivity contribution in [3.05, 3.63) is 47.2 Å². The summed E-state index contributed by atoms with van der Waals surface area (Å²) >= 11 is 0. The highest BCUT2D eigenvalue weighted by Gasteiger charge is 2.15. The molecular weight excluding hydrogens is 350 g/mol. The summed E-state index contributed by atoms with van der Waals surface area (Å²) in [6.07, 6.45) is 1.09. The molecule has 0 saturated carbocycles. The zero-order valence-corrected chi connectivity index (χ0v) is 17.0. The third-order valence-electron chi connectivity index (χ3n) is 5.33. The monoisotopic (exact) mass is 379 g/mol. The van der Waals surface area contributed by atoms with Crippen molar-refractivity contribution in [3.8, 4) is 11.3 Å². The number of fused-ring (bicyclic) bond motifs is 1. The second-order valence-electron chi connectivity index (χ2n) is 7.59. The molecular formula is C22H29N5O. The smallest absolute Gasteiger partial charge is 0.161 e. The van der Waals surface area contributed by atoms with E-state index in [2.05, 4.69) is 54.4 Å². The maximum Gasteiger partial charge on any atom is 0.161 e. The molecule has 0 radical (unpaired) electrons. The Kier molecular flexibility index (Phi) is 5.59. The normalized spacial score (nSPS) is 15.2. The van der Waals surface area contributed by atoms with Gasteiger partial charge in [-0.05, 0) is 33.7 Å². The number of aryl methyl sites for hydroxylation is 3. The number of aromatic nitrogens is 3. The third kappa shape index (κ3) is 4.03. The van der Waals surface area contributed by atoms with Gasteiger partial charge >= 0.3 is 0 Å². The number of hydrogen-bond acceptors (Lipinski definition) is 5. The summed E-state index contributed by atoms with van der Waals surface area (Å²) in [6.45, 7) is 12.0. The van der Waals surface area contributed by atoms with Crippen LogP contribution in [-0.2, 0) is 4.74 Å². The summed E-state index contributed by atoms with van der Waals surface area (Å²) in [4.78, 5) is 7.20. The summed E-state index contributed by atoms with van der Waals surface area (Å²) in [6, 6.07) is 10.6. The molecule has 0 aliphatic carbocycles. The van der Waals surface area contributed by atoms with Crippen molar-refractivity contribution < 1.29 is 4.74 Å². The molecule has 1 saturated heterocycles. The number of hydrogen-bond donors (Lipinski definition) is 1. The Balaban J connectivity index is 1.52. The Bertz CT molecular complexity index is 942. The molecule has 0 bridgehead atoms. The zero-order chi connectivity index (χ0) is 19.5. The van der Waals surface area contributed by atoms with Gasteiger partial charge in [0.2, 0.25) is 0 Å². The van der Waals surface area contributed by atoms with E-state index in [0.29, 0.717) is 0 Å². The minimum Gasteiger partial charge on any atom is -0.379 e. The van der Waals surface area contributed by atoms with Gasteiger partial charge in [-0.3, -0.25) is 4.90 Å². The zero-order valence-electron chi connectivity index (χ0n) is 17.0. The van der Waals surface area contributed by atoms with Crippen LogP contribution in [-0.4, -0.2) is 58.9 Å². The Morgan fingerprint density at radius 1 is 1.07 bits per heavy atom. The number of morpholine rings is 1. The SMILES string of the molecule is Cc1ccc(-c2nn3c(NCCCN4CCOCC4)cc(C)nc3c2C)cc1. The van der Waals surface area contributed by atoms with Crippen molar-refractivity contribution in [1.82, 2.24) is 19.5 Å². The van der Waals surface area contributed by atoms with Crippen LogP contribution in [0.25, 0.3) is 16.9 Å². The second kappa shape index (κ2) is 8.29. The van der Waals surface area contributed by atoms with E-state index in [4.69, 9.17) is 14.8 Å². The Morgan fingerprint density at radius 3 is 2.57 bits per heavy atom. The molecule has 1 aliphatic heterocycles. The number of ether oxygens (including phenoxy) is 1. The average Bonchev–Trinajstić information content (AvgIpc) is 3.03. The highest BCUT2D eigenvalue weighted by atomic mass is 16.5. The lowest BCUT2D eigenvalue weighted by Gasteiger charge is -2.26. The van der Waals surface area contributed by atoms with Gasteiger partial charge < -0.3 is 10.1 Å². The van der Waals surface area contributed by atoms with E-state index in [-0.39, 0.29) is 0 Å². The molecule has 6 heteroatoms. The largest absolute Gasteiger partial charge is 0.379 e. The minimum atomic E-state index is 0.853. The van der Waals surface area contributed by atoms with Gasteiger partial charge in [-0.2, -0.15) is 9.61 Å². The van der Waals surface area contributed by atoms with Crippen LogP contribution < -0.4 is 5.32 Å². The number of nitrogens with one attached hydrogen (secondary N) is 1. The predicted octanol–water partition coefficient (Wildman–Crippen LogP) is 3.46. The van der Waals surface area contributed by atoms with Gasteiger partial charge in [-0.15, -0.1) is 0 Å². The van der Waals surface area contributed by atoms with Crippen LogP contribution in [0.4, 0.5) is 5.82 Å². The van der Waals surface area contributed by atoms with E-state index in [1.165, 1.54) is 5.56 Å². The summed E-state index contributed by atoms with van der Waals surface area (Å²) in [5.41, 5.74) is 6.41. The van der Waals surface area contributed by atoms with Crippen LogP contribution in [0, 0.1) is 20.8 Å². The number of nitrogens with zero attached hydrogens (tertiary/aromatic N) is 4. The lowest BCUT2D eigenvalue weighted by Crippen LogP contribution is -2.37. The molecule has 6 nitrogen and oxygen atoms in total. The molecule has 1 aromatic carbocycles. The second-order valence-corrected chi connectivity index (χ2v) is 7.59. The van der Waals surface area contributed by atoms with Crippen molar-refractivity contribution in [2.24, 2.45) is 0 Å². The van der Waals surface area contributed by atoms with E-state index >= 15 is 0 Å². The third-order valence-corrected chi connectivity index (χ3v) is 5.33. The fraction of sp³-hybridized carbons (Fsp3) is 0.455. The van der Waals surface area contributed by atoms with Crippen molar-refractivity contribution in [2.45, 2.75) is 27.2 Å². The molecule has 4 rings (SSSR count). The van der Waals surface area contributed by atoms with E-state index in [1.54, 1.807) is 0 Å². The number of benzene rings is 1. The molecule has 1 aliphatic rings. The fourth-order valence-corrected chi connectivity index (χ4v) is 3.70. The van der Waals surface area contributed by atoms with Crippen LogP contribution in [0.1, 0.15) is 23.2 Å². The maximum absolute atomic E-state index is 5.42. The van der Waals surface area contributed by atoms with E-state index in [9.17, 15) is 0 Å². The summed E-state index contributed by atoms with van der Waals surface area (Å²) < 4.78 is 7.37. The molecule has 148 valence electrons. The van der Waals surface area contributed by atoms with Crippen LogP contribution in [0.2, 0.25) is 0 Å². The first-order valence-corrected chi connectivity index (χ1v) is 10.1. The van der Waals surface area contributed by atoms with Gasteiger partial charge in [-0.25, -0.2) is 4.98 Å². The molecule has 1 N–H and O–H groups in total. The van der Waals surface area contributed by atoms with Crippen molar-refractivity contribution in [3.63, 3.8) is 0 Å². The van der Waals surface area contributed by atoms with E-state index < -0.39 is 0 Å². The first-order valence-electron chi connectivity index (χ1n) is 10.1. The molecule has 3 aromatic rings. The summed E-state index contributed by atoms with van der Waals surface area (Å²) in [5.74, 6) is 1.01. The summed E-state index contributed by atoms with van der Waals surface area (Å²) in [7, 11) is 0. The van der Waals surface area contributed by atoms with Crippen molar-refractivity contribution >= 4 is 11.5 Å². The van der Waals surface area contributed by atoms with Crippen LogP contribution in [0.15, 0.2) is 30.3 Å². The standard InChI is InChI=1S/C22H29N5O/c1-16-5-7-19(8-6-16)21-18(3)22-24-17(2)15-20(27(22)25-21)23-9-4-10-26-11-13-28-14-12-26/h5-8,15,23H,4,9-14H2,1-3H3. The Morgan fingerprint density at radius 2 is 1.82 bits per heavy atom.